The third-order valence-electron chi connectivity index (χ3n) is 4.36. The molecule has 120 valence electrons. The first kappa shape index (κ1) is 16.3. The van der Waals surface area contributed by atoms with E-state index in [1.165, 1.54) is 0 Å². The van der Waals surface area contributed by atoms with Crippen LogP contribution in [0.25, 0.3) is 0 Å². The van der Waals surface area contributed by atoms with Crippen LogP contribution in [0.4, 0.5) is 5.69 Å². The average molecular weight is 395 g/mol. The van der Waals surface area contributed by atoms with Gasteiger partial charge in [-0.15, -0.1) is 0 Å². The zero-order valence-corrected chi connectivity index (χ0v) is 14.9. The second-order valence-electron chi connectivity index (χ2n) is 5.90. The van der Waals surface area contributed by atoms with E-state index in [1.807, 2.05) is 30.3 Å². The van der Waals surface area contributed by atoms with Gasteiger partial charge in [0.05, 0.1) is 11.1 Å². The van der Waals surface area contributed by atoms with E-state index >= 15 is 0 Å². The van der Waals surface area contributed by atoms with Crippen molar-refractivity contribution in [3.63, 3.8) is 0 Å². The Kier molecular flexibility index (Phi) is 4.64. The van der Waals surface area contributed by atoms with Crippen LogP contribution in [0, 0.1) is 0 Å². The highest BCUT2D eigenvalue weighted by atomic mass is 79.9. The molecule has 1 aliphatic carbocycles. The lowest BCUT2D eigenvalue weighted by atomic mass is 9.71. The molecule has 0 spiro atoms. The van der Waals surface area contributed by atoms with Crippen molar-refractivity contribution in [3.8, 4) is 5.75 Å². The molecule has 0 aliphatic heterocycles. The summed E-state index contributed by atoms with van der Waals surface area (Å²) < 4.78 is 6.80. The first-order chi connectivity index (χ1) is 11.0. The van der Waals surface area contributed by atoms with Crippen LogP contribution in [0.3, 0.4) is 0 Å². The van der Waals surface area contributed by atoms with Crippen molar-refractivity contribution < 1.29 is 9.53 Å². The van der Waals surface area contributed by atoms with Gasteiger partial charge in [0.2, 0.25) is 0 Å². The number of nitrogens with two attached hydrogens (primary N) is 1. The van der Waals surface area contributed by atoms with E-state index in [0.29, 0.717) is 16.5 Å². The molecule has 0 saturated carbocycles. The van der Waals surface area contributed by atoms with Gasteiger partial charge in [-0.25, -0.2) is 0 Å². The predicted molar refractivity (Wildman–Crippen MR) is 96.2 cm³/mol. The molecule has 2 N–H and O–H groups in total. The third kappa shape index (κ3) is 3.24. The fourth-order valence-electron chi connectivity index (χ4n) is 3.15. The van der Waals surface area contributed by atoms with Crippen molar-refractivity contribution in [2.24, 2.45) is 0 Å². The van der Waals surface area contributed by atoms with Crippen LogP contribution in [0.1, 0.15) is 24.0 Å². The van der Waals surface area contributed by atoms with Crippen LogP contribution < -0.4 is 10.5 Å². The zero-order valence-electron chi connectivity index (χ0n) is 12.5. The average Bonchev–Trinajstić information content (AvgIpc) is 2.53. The minimum Gasteiger partial charge on any atom is -0.490 e. The van der Waals surface area contributed by atoms with Crippen LogP contribution in [-0.4, -0.2) is 12.9 Å². The number of aryl methyl sites for hydroxylation is 1. The van der Waals surface area contributed by atoms with Gasteiger partial charge in [0, 0.05) is 9.50 Å². The van der Waals surface area contributed by atoms with Crippen molar-refractivity contribution in [1.29, 1.82) is 0 Å². The van der Waals surface area contributed by atoms with Gasteiger partial charge in [-0.3, -0.25) is 0 Å². The summed E-state index contributed by atoms with van der Waals surface area (Å²) in [4.78, 5) is 11.9. The lowest BCUT2D eigenvalue weighted by molar-refractivity contribution is -0.114. The zero-order chi connectivity index (χ0) is 16.4. The van der Waals surface area contributed by atoms with Crippen LogP contribution in [0.2, 0.25) is 5.02 Å². The minimum atomic E-state index is -0.641. The molecule has 0 amide bonds. The normalized spacial score (nSPS) is 19.9. The fourth-order valence-corrected chi connectivity index (χ4v) is 3.72. The van der Waals surface area contributed by atoms with Crippen molar-refractivity contribution in [3.05, 3.63) is 57.0 Å². The molecule has 1 atom stereocenters. The number of anilines is 1. The van der Waals surface area contributed by atoms with Crippen LogP contribution in [0.5, 0.6) is 5.75 Å². The van der Waals surface area contributed by atoms with Crippen LogP contribution >= 0.6 is 27.5 Å². The molecule has 0 saturated heterocycles. The Morgan fingerprint density at radius 2 is 2.13 bits per heavy atom. The summed E-state index contributed by atoms with van der Waals surface area (Å²) in [6.45, 7) is 0.275. The highest BCUT2D eigenvalue weighted by Gasteiger charge is 2.37. The number of fused-ring (bicyclic) bond motifs is 1. The lowest BCUT2D eigenvalue weighted by Crippen LogP contribution is -2.38. The predicted octanol–water partition coefficient (Wildman–Crippen LogP) is 4.54. The van der Waals surface area contributed by atoms with Gasteiger partial charge < -0.3 is 15.3 Å². The van der Waals surface area contributed by atoms with Gasteiger partial charge in [-0.05, 0) is 60.7 Å². The SMILES string of the molecule is Nc1cc(Br)ccc1OC[C@@]1(C=O)CCCc2cc(Cl)ccc21. The number of benzene rings is 2. The minimum absolute atomic E-state index is 0.275. The second-order valence-corrected chi connectivity index (χ2v) is 7.25. The van der Waals surface area contributed by atoms with Gasteiger partial charge in [-0.1, -0.05) is 33.6 Å². The summed E-state index contributed by atoms with van der Waals surface area (Å²) in [5.41, 5.74) is 8.02. The Morgan fingerprint density at radius 1 is 1.30 bits per heavy atom. The Labute approximate surface area is 148 Å². The van der Waals surface area contributed by atoms with Gasteiger partial charge in [-0.2, -0.15) is 0 Å². The number of ether oxygens (including phenoxy) is 1. The highest BCUT2D eigenvalue weighted by molar-refractivity contribution is 9.10. The molecule has 2 aromatic rings. The summed E-state index contributed by atoms with van der Waals surface area (Å²) in [5.74, 6) is 0.593. The van der Waals surface area contributed by atoms with E-state index in [9.17, 15) is 4.79 Å². The Hall–Kier alpha value is -1.52. The quantitative estimate of drug-likeness (QED) is 0.612. The molecule has 0 aromatic heterocycles. The van der Waals surface area contributed by atoms with Gasteiger partial charge in [0.25, 0.3) is 0 Å². The molecule has 3 rings (SSSR count). The molecule has 0 radical (unpaired) electrons. The first-order valence-electron chi connectivity index (χ1n) is 7.47. The molecule has 1 aliphatic rings. The summed E-state index contributed by atoms with van der Waals surface area (Å²) in [5, 5.41) is 0.698. The molecular weight excluding hydrogens is 378 g/mol. The monoisotopic (exact) mass is 393 g/mol. The Bertz CT molecular complexity index is 750. The topological polar surface area (TPSA) is 52.3 Å². The maximum Gasteiger partial charge on any atom is 0.142 e. The van der Waals surface area contributed by atoms with E-state index in [4.69, 9.17) is 22.1 Å². The molecule has 0 unspecified atom stereocenters. The standard InChI is InChI=1S/C18H17BrClNO2/c19-13-3-6-17(16(21)9-13)23-11-18(10-22)7-1-2-12-8-14(20)4-5-15(12)18/h3-6,8-10H,1-2,7,11,21H2/t18-/m0/s1. The largest absolute Gasteiger partial charge is 0.490 e. The van der Waals surface area contributed by atoms with Crippen molar-refractivity contribution in [2.75, 3.05) is 12.3 Å². The van der Waals surface area contributed by atoms with Gasteiger partial charge >= 0.3 is 0 Å². The smallest absolute Gasteiger partial charge is 0.142 e. The van der Waals surface area contributed by atoms with E-state index in [1.54, 1.807) is 6.07 Å². The maximum atomic E-state index is 11.9. The second kappa shape index (κ2) is 6.54. The van der Waals surface area contributed by atoms with Crippen molar-refractivity contribution >= 4 is 39.5 Å². The Balaban J connectivity index is 1.89. The number of aldehydes is 1. The van der Waals surface area contributed by atoms with E-state index < -0.39 is 5.41 Å². The number of hydrogen-bond donors (Lipinski definition) is 1. The molecular formula is C18H17BrClNO2. The number of hydrogen-bond acceptors (Lipinski definition) is 3. The summed E-state index contributed by atoms with van der Waals surface area (Å²) in [7, 11) is 0. The van der Waals surface area contributed by atoms with Crippen LogP contribution in [-0.2, 0) is 16.6 Å². The fraction of sp³-hybridized carbons (Fsp3) is 0.278. The Morgan fingerprint density at radius 3 is 2.87 bits per heavy atom. The van der Waals surface area contributed by atoms with E-state index in [2.05, 4.69) is 15.9 Å². The molecule has 0 heterocycles. The van der Waals surface area contributed by atoms with E-state index in [0.717, 1.165) is 41.1 Å². The number of rotatable bonds is 4. The third-order valence-corrected chi connectivity index (χ3v) is 5.08. The number of carbonyl (C=O) groups is 1. The summed E-state index contributed by atoms with van der Waals surface area (Å²) in [6, 6.07) is 11.2. The molecule has 2 aromatic carbocycles. The molecule has 0 bridgehead atoms. The van der Waals surface area contributed by atoms with Crippen molar-refractivity contribution in [1.82, 2.24) is 0 Å². The highest BCUT2D eigenvalue weighted by Crippen LogP contribution is 2.38. The number of halogens is 2. The summed E-state index contributed by atoms with van der Waals surface area (Å²) in [6.07, 6.45) is 3.65. The van der Waals surface area contributed by atoms with Crippen LogP contribution in [0.15, 0.2) is 40.9 Å². The molecule has 5 heteroatoms. The number of nitrogen functional groups attached to an aromatic ring is 1. The molecule has 23 heavy (non-hydrogen) atoms. The first-order valence-corrected chi connectivity index (χ1v) is 8.64. The van der Waals surface area contributed by atoms with Crippen molar-refractivity contribution in [2.45, 2.75) is 24.7 Å². The van der Waals surface area contributed by atoms with Gasteiger partial charge in [0.1, 0.15) is 18.6 Å². The summed E-state index contributed by atoms with van der Waals surface area (Å²) >= 11 is 9.45. The molecule has 0 fully saturated rings. The van der Waals surface area contributed by atoms with E-state index in [-0.39, 0.29) is 6.61 Å². The lowest BCUT2D eigenvalue weighted by Gasteiger charge is -2.34. The molecule has 3 nitrogen and oxygen atoms in total. The maximum absolute atomic E-state index is 11.9. The number of carbonyl (C=O) groups excluding carboxylic acids is 1. The van der Waals surface area contributed by atoms with Gasteiger partial charge in [0.15, 0.2) is 0 Å².